The predicted molar refractivity (Wildman–Crippen MR) is 117 cm³/mol. The van der Waals surface area contributed by atoms with Crippen LogP contribution < -0.4 is 5.32 Å². The zero-order valence-corrected chi connectivity index (χ0v) is 16.7. The van der Waals surface area contributed by atoms with Crippen molar-refractivity contribution in [3.8, 4) is 22.6 Å². The summed E-state index contributed by atoms with van der Waals surface area (Å²) in [7, 11) is 1.87. The van der Waals surface area contributed by atoms with Crippen molar-refractivity contribution in [1.29, 1.82) is 0 Å². The maximum atomic E-state index is 13.2. The maximum Gasteiger partial charge on any atom is 0.270 e. The van der Waals surface area contributed by atoms with Crippen LogP contribution in [-0.2, 0) is 13.6 Å². The van der Waals surface area contributed by atoms with Crippen LogP contribution in [0, 0.1) is 0 Å². The molecule has 0 radical (unpaired) electrons. The summed E-state index contributed by atoms with van der Waals surface area (Å²) >= 11 is 6.23. The van der Waals surface area contributed by atoms with Gasteiger partial charge in [-0.15, -0.1) is 0 Å². The fourth-order valence-corrected chi connectivity index (χ4v) is 3.50. The standard InChI is InChI=1S/C24H20ClN3O/c1-28-22(24(29)26-16-19-14-8-9-15-20(19)25)21(17-10-4-2-5-11-17)27-23(28)18-12-6-3-7-13-18/h2-15H,16H2,1H3,(H,26,29). The highest BCUT2D eigenvalue weighted by atomic mass is 35.5. The zero-order valence-electron chi connectivity index (χ0n) is 16.0. The molecule has 0 aliphatic carbocycles. The third kappa shape index (κ3) is 3.93. The lowest BCUT2D eigenvalue weighted by atomic mass is 10.1. The van der Waals surface area contributed by atoms with Gasteiger partial charge in [0, 0.05) is 29.7 Å². The van der Waals surface area contributed by atoms with Gasteiger partial charge in [-0.25, -0.2) is 4.98 Å². The first kappa shape index (κ1) is 19.0. The first-order chi connectivity index (χ1) is 14.1. The number of halogens is 1. The average Bonchev–Trinajstić information content (AvgIpc) is 3.11. The molecule has 4 nitrogen and oxygen atoms in total. The van der Waals surface area contributed by atoms with E-state index in [-0.39, 0.29) is 5.91 Å². The Balaban J connectivity index is 1.74. The summed E-state index contributed by atoms with van der Waals surface area (Å²) in [4.78, 5) is 18.0. The monoisotopic (exact) mass is 401 g/mol. The molecule has 4 aromatic rings. The molecule has 3 aromatic carbocycles. The van der Waals surface area contributed by atoms with Crippen molar-refractivity contribution >= 4 is 17.5 Å². The van der Waals surface area contributed by atoms with Gasteiger partial charge in [-0.3, -0.25) is 4.79 Å². The van der Waals surface area contributed by atoms with Crippen LogP contribution in [0.1, 0.15) is 16.1 Å². The molecular weight excluding hydrogens is 382 g/mol. The number of carbonyl (C=O) groups is 1. The lowest BCUT2D eigenvalue weighted by Gasteiger charge is -2.10. The van der Waals surface area contributed by atoms with Crippen molar-refractivity contribution in [2.75, 3.05) is 0 Å². The van der Waals surface area contributed by atoms with E-state index in [0.29, 0.717) is 23.0 Å². The van der Waals surface area contributed by atoms with Gasteiger partial charge in [0.1, 0.15) is 17.2 Å². The number of nitrogens with zero attached hydrogens (tertiary/aromatic N) is 2. The number of hydrogen-bond acceptors (Lipinski definition) is 2. The van der Waals surface area contributed by atoms with E-state index < -0.39 is 0 Å². The minimum Gasteiger partial charge on any atom is -0.347 e. The first-order valence-electron chi connectivity index (χ1n) is 9.34. The lowest BCUT2D eigenvalue weighted by molar-refractivity contribution is 0.0943. The molecule has 0 atom stereocenters. The summed E-state index contributed by atoms with van der Waals surface area (Å²) < 4.78 is 1.85. The third-order valence-electron chi connectivity index (χ3n) is 4.79. The molecule has 0 unspecified atom stereocenters. The molecule has 1 amide bonds. The quantitative estimate of drug-likeness (QED) is 0.490. The number of aromatic nitrogens is 2. The van der Waals surface area contributed by atoms with Crippen LogP contribution in [0.25, 0.3) is 22.6 Å². The van der Waals surface area contributed by atoms with E-state index in [4.69, 9.17) is 16.6 Å². The second kappa shape index (κ2) is 8.33. The van der Waals surface area contributed by atoms with Gasteiger partial charge < -0.3 is 9.88 Å². The van der Waals surface area contributed by atoms with Crippen LogP contribution >= 0.6 is 11.6 Å². The minimum absolute atomic E-state index is 0.194. The fraction of sp³-hybridized carbons (Fsp3) is 0.0833. The molecule has 4 rings (SSSR count). The summed E-state index contributed by atoms with van der Waals surface area (Å²) in [6.45, 7) is 0.346. The van der Waals surface area contributed by atoms with Crippen LogP contribution in [0.15, 0.2) is 84.9 Å². The number of nitrogens with one attached hydrogen (secondary N) is 1. The Bertz CT molecular complexity index is 1140. The minimum atomic E-state index is -0.194. The Morgan fingerprint density at radius 1 is 0.897 bits per heavy atom. The van der Waals surface area contributed by atoms with E-state index in [9.17, 15) is 4.79 Å². The number of rotatable bonds is 5. The molecule has 0 fully saturated rings. The van der Waals surface area contributed by atoms with E-state index >= 15 is 0 Å². The van der Waals surface area contributed by atoms with E-state index in [1.807, 2.05) is 96.5 Å². The Morgan fingerprint density at radius 3 is 2.14 bits per heavy atom. The van der Waals surface area contributed by atoms with Crippen LogP contribution in [0.5, 0.6) is 0 Å². The second-order valence-corrected chi connectivity index (χ2v) is 7.10. The van der Waals surface area contributed by atoms with Crippen molar-refractivity contribution < 1.29 is 4.79 Å². The highest BCUT2D eigenvalue weighted by Crippen LogP contribution is 2.28. The van der Waals surface area contributed by atoms with Crippen molar-refractivity contribution in [2.45, 2.75) is 6.54 Å². The molecule has 1 N–H and O–H groups in total. The second-order valence-electron chi connectivity index (χ2n) is 6.70. The normalized spacial score (nSPS) is 10.7. The Morgan fingerprint density at radius 2 is 1.48 bits per heavy atom. The molecule has 0 saturated carbocycles. The summed E-state index contributed by atoms with van der Waals surface area (Å²) in [6.07, 6.45) is 0. The number of carbonyl (C=O) groups excluding carboxylic acids is 1. The average molecular weight is 402 g/mol. The van der Waals surface area contributed by atoms with Crippen LogP contribution in [-0.4, -0.2) is 15.5 Å². The highest BCUT2D eigenvalue weighted by molar-refractivity contribution is 6.31. The van der Waals surface area contributed by atoms with E-state index in [2.05, 4.69) is 5.32 Å². The molecule has 1 aromatic heterocycles. The predicted octanol–water partition coefficient (Wildman–Crippen LogP) is 5.34. The largest absolute Gasteiger partial charge is 0.347 e. The zero-order chi connectivity index (χ0) is 20.2. The van der Waals surface area contributed by atoms with Gasteiger partial charge in [-0.2, -0.15) is 0 Å². The molecular formula is C24H20ClN3O. The SMILES string of the molecule is Cn1c(-c2ccccc2)nc(-c2ccccc2)c1C(=O)NCc1ccccc1Cl. The topological polar surface area (TPSA) is 46.9 Å². The molecule has 0 bridgehead atoms. The molecule has 1 heterocycles. The molecule has 0 aliphatic heterocycles. The van der Waals surface area contributed by atoms with E-state index in [0.717, 1.165) is 22.5 Å². The van der Waals surface area contributed by atoms with Gasteiger partial charge in [0.2, 0.25) is 0 Å². The third-order valence-corrected chi connectivity index (χ3v) is 5.16. The van der Waals surface area contributed by atoms with Crippen LogP contribution in [0.4, 0.5) is 0 Å². The van der Waals surface area contributed by atoms with Crippen LogP contribution in [0.2, 0.25) is 5.02 Å². The number of amides is 1. The van der Waals surface area contributed by atoms with Crippen molar-refractivity contribution in [3.05, 3.63) is 101 Å². The van der Waals surface area contributed by atoms with E-state index in [1.165, 1.54) is 0 Å². The fourth-order valence-electron chi connectivity index (χ4n) is 3.30. The number of hydrogen-bond donors (Lipinski definition) is 1. The van der Waals surface area contributed by atoms with Gasteiger partial charge >= 0.3 is 0 Å². The lowest BCUT2D eigenvalue weighted by Crippen LogP contribution is -2.25. The van der Waals surface area contributed by atoms with Crippen molar-refractivity contribution in [1.82, 2.24) is 14.9 Å². The molecule has 144 valence electrons. The van der Waals surface area contributed by atoms with E-state index in [1.54, 1.807) is 0 Å². The number of imidazole rings is 1. The van der Waals surface area contributed by atoms with Gasteiger partial charge in [0.05, 0.1) is 0 Å². The molecule has 5 heteroatoms. The van der Waals surface area contributed by atoms with Gasteiger partial charge in [0.15, 0.2) is 0 Å². The molecule has 29 heavy (non-hydrogen) atoms. The molecule has 0 aliphatic rings. The van der Waals surface area contributed by atoms with Crippen LogP contribution in [0.3, 0.4) is 0 Å². The summed E-state index contributed by atoms with van der Waals surface area (Å²) in [5.74, 6) is 0.549. The summed E-state index contributed by atoms with van der Waals surface area (Å²) in [5, 5.41) is 3.62. The summed E-state index contributed by atoms with van der Waals surface area (Å²) in [5.41, 5.74) is 3.89. The maximum absolute atomic E-state index is 13.2. The first-order valence-corrected chi connectivity index (χ1v) is 9.72. The highest BCUT2D eigenvalue weighted by Gasteiger charge is 2.23. The van der Waals surface area contributed by atoms with Gasteiger partial charge in [-0.05, 0) is 11.6 Å². The van der Waals surface area contributed by atoms with Gasteiger partial charge in [0.25, 0.3) is 5.91 Å². The van der Waals surface area contributed by atoms with Crippen molar-refractivity contribution in [2.24, 2.45) is 7.05 Å². The Labute approximate surface area is 174 Å². The molecule has 0 saturated heterocycles. The smallest absolute Gasteiger partial charge is 0.270 e. The van der Waals surface area contributed by atoms with Gasteiger partial charge in [-0.1, -0.05) is 90.5 Å². The number of benzene rings is 3. The molecule has 0 spiro atoms. The van der Waals surface area contributed by atoms with Crippen molar-refractivity contribution in [3.63, 3.8) is 0 Å². The Kier molecular flexibility index (Phi) is 5.45. The summed E-state index contributed by atoms with van der Waals surface area (Å²) in [6, 6.07) is 27.1. The Hall–Kier alpha value is -3.37.